The fourth-order valence-electron chi connectivity index (χ4n) is 1.42. The minimum absolute atomic E-state index is 0.0880. The van der Waals surface area contributed by atoms with Crippen LogP contribution in [-0.4, -0.2) is 25.8 Å². The largest absolute Gasteiger partial charge is 0.396 e. The van der Waals surface area contributed by atoms with Crippen LogP contribution in [0.3, 0.4) is 0 Å². The number of nitrogens with zero attached hydrogens (tertiary/aromatic N) is 1. The summed E-state index contributed by atoms with van der Waals surface area (Å²) in [5, 5.41) is 0.0880. The zero-order valence-electron chi connectivity index (χ0n) is 10.4. The van der Waals surface area contributed by atoms with Gasteiger partial charge in [0.25, 0.3) is 0 Å². The molecule has 4 nitrogen and oxygen atoms in total. The summed E-state index contributed by atoms with van der Waals surface area (Å²) >= 11 is 5.72. The number of benzene rings is 1. The Hall–Kier alpha value is -0.850. The minimum Gasteiger partial charge on any atom is -0.396 e. The van der Waals surface area contributed by atoms with E-state index in [4.69, 9.17) is 17.3 Å². The van der Waals surface area contributed by atoms with Crippen molar-refractivity contribution in [1.29, 1.82) is 0 Å². The molecule has 0 amide bonds. The van der Waals surface area contributed by atoms with Crippen LogP contribution in [0.2, 0.25) is 5.02 Å². The molecule has 0 bridgehead atoms. The van der Waals surface area contributed by atoms with Crippen molar-refractivity contribution in [3.05, 3.63) is 23.0 Å². The van der Waals surface area contributed by atoms with E-state index in [-0.39, 0.29) is 16.8 Å². The summed E-state index contributed by atoms with van der Waals surface area (Å²) < 4.78 is 39.4. The molecular formula is C11H16ClFN2O2S. The Morgan fingerprint density at radius 2 is 2.06 bits per heavy atom. The Morgan fingerprint density at radius 1 is 1.50 bits per heavy atom. The van der Waals surface area contributed by atoms with E-state index in [2.05, 4.69) is 0 Å². The summed E-state index contributed by atoms with van der Waals surface area (Å²) in [6.45, 7) is 3.59. The van der Waals surface area contributed by atoms with Crippen molar-refractivity contribution in [3.8, 4) is 0 Å². The monoisotopic (exact) mass is 294 g/mol. The number of rotatable bonds is 4. The molecule has 0 saturated carbocycles. The number of halogens is 2. The Labute approximate surface area is 112 Å². The number of nitrogens with two attached hydrogens (primary N) is 1. The van der Waals surface area contributed by atoms with Crippen molar-refractivity contribution in [2.24, 2.45) is 0 Å². The van der Waals surface area contributed by atoms with Crippen molar-refractivity contribution in [2.45, 2.75) is 31.2 Å². The fourth-order valence-corrected chi connectivity index (χ4v) is 3.27. The van der Waals surface area contributed by atoms with E-state index >= 15 is 0 Å². The summed E-state index contributed by atoms with van der Waals surface area (Å²) in [5.74, 6) is -0.963. The lowest BCUT2D eigenvalue weighted by molar-refractivity contribution is 0.378. The maximum atomic E-state index is 13.8. The normalized spacial score (nSPS) is 13.9. The van der Waals surface area contributed by atoms with Crippen molar-refractivity contribution >= 4 is 27.3 Å². The standard InChI is InChI=1S/C11H16ClFN2O2S/c1-4-7(2)15(3)18(16,17)10-6-8(12)5-9(14)11(10)13/h5-7H,4,14H2,1-3H3. The molecule has 1 aromatic rings. The topological polar surface area (TPSA) is 63.4 Å². The molecular weight excluding hydrogens is 279 g/mol. The molecule has 0 fully saturated rings. The molecule has 0 aliphatic carbocycles. The van der Waals surface area contributed by atoms with E-state index in [1.165, 1.54) is 13.1 Å². The molecule has 18 heavy (non-hydrogen) atoms. The SMILES string of the molecule is CCC(C)N(C)S(=O)(=O)c1cc(Cl)cc(N)c1F. The Bertz CT molecular complexity index is 548. The maximum absolute atomic E-state index is 13.8. The van der Waals surface area contributed by atoms with Gasteiger partial charge >= 0.3 is 0 Å². The van der Waals surface area contributed by atoms with Crippen LogP contribution in [0.25, 0.3) is 0 Å². The highest BCUT2D eigenvalue weighted by molar-refractivity contribution is 7.89. The molecule has 0 radical (unpaired) electrons. The van der Waals surface area contributed by atoms with Gasteiger partial charge in [0.15, 0.2) is 5.82 Å². The van der Waals surface area contributed by atoms with Crippen LogP contribution in [0.5, 0.6) is 0 Å². The maximum Gasteiger partial charge on any atom is 0.246 e. The molecule has 102 valence electrons. The van der Waals surface area contributed by atoms with Crippen molar-refractivity contribution in [3.63, 3.8) is 0 Å². The first-order chi connectivity index (χ1) is 8.21. The number of anilines is 1. The van der Waals surface area contributed by atoms with Gasteiger partial charge in [0.05, 0.1) is 5.69 Å². The van der Waals surface area contributed by atoms with Crippen molar-refractivity contribution in [2.75, 3.05) is 12.8 Å². The first-order valence-corrected chi connectivity index (χ1v) is 7.26. The lowest BCUT2D eigenvalue weighted by Crippen LogP contribution is -2.35. The van der Waals surface area contributed by atoms with E-state index in [0.717, 1.165) is 10.4 Å². The quantitative estimate of drug-likeness (QED) is 0.868. The molecule has 0 spiro atoms. The van der Waals surface area contributed by atoms with Crippen LogP contribution in [0.15, 0.2) is 17.0 Å². The third kappa shape index (κ3) is 2.76. The Morgan fingerprint density at radius 3 is 2.56 bits per heavy atom. The van der Waals surface area contributed by atoms with Crippen molar-refractivity contribution < 1.29 is 12.8 Å². The lowest BCUT2D eigenvalue weighted by atomic mass is 10.3. The molecule has 7 heteroatoms. The van der Waals surface area contributed by atoms with Crippen LogP contribution in [-0.2, 0) is 10.0 Å². The molecule has 1 aromatic carbocycles. The van der Waals surface area contributed by atoms with Gasteiger partial charge in [-0.2, -0.15) is 4.31 Å². The number of sulfonamides is 1. The highest BCUT2D eigenvalue weighted by atomic mass is 35.5. The lowest BCUT2D eigenvalue weighted by Gasteiger charge is -2.23. The molecule has 0 aromatic heterocycles. The molecule has 1 atom stereocenters. The molecule has 2 N–H and O–H groups in total. The highest BCUT2D eigenvalue weighted by Gasteiger charge is 2.28. The van der Waals surface area contributed by atoms with Gasteiger partial charge < -0.3 is 5.73 Å². The van der Waals surface area contributed by atoms with Gasteiger partial charge in [-0.3, -0.25) is 0 Å². The van der Waals surface area contributed by atoms with Gasteiger partial charge in [0.2, 0.25) is 10.0 Å². The summed E-state index contributed by atoms with van der Waals surface area (Å²) in [6.07, 6.45) is 0.618. The van der Waals surface area contributed by atoms with E-state index in [1.807, 2.05) is 6.92 Å². The second-order valence-corrected chi connectivity index (χ2v) is 6.49. The predicted molar refractivity (Wildman–Crippen MR) is 70.5 cm³/mol. The first kappa shape index (κ1) is 15.2. The van der Waals surface area contributed by atoms with E-state index in [0.29, 0.717) is 6.42 Å². The van der Waals surface area contributed by atoms with Crippen LogP contribution in [0.1, 0.15) is 20.3 Å². The smallest absolute Gasteiger partial charge is 0.246 e. The summed E-state index contributed by atoms with van der Waals surface area (Å²) in [6, 6.07) is 2.01. The van der Waals surface area contributed by atoms with Crippen LogP contribution in [0.4, 0.5) is 10.1 Å². The van der Waals surface area contributed by atoms with Crippen LogP contribution in [0, 0.1) is 5.82 Å². The predicted octanol–water partition coefficient (Wildman–Crippen LogP) is 2.48. The van der Waals surface area contributed by atoms with E-state index in [1.54, 1.807) is 6.92 Å². The van der Waals surface area contributed by atoms with E-state index < -0.39 is 20.7 Å². The average molecular weight is 295 g/mol. The van der Waals surface area contributed by atoms with Crippen LogP contribution < -0.4 is 5.73 Å². The number of nitrogen functional groups attached to an aromatic ring is 1. The fraction of sp³-hybridized carbons (Fsp3) is 0.455. The molecule has 0 heterocycles. The third-order valence-corrected chi connectivity index (χ3v) is 5.09. The molecule has 0 aliphatic rings. The second kappa shape index (κ2) is 5.42. The summed E-state index contributed by atoms with van der Waals surface area (Å²) in [4.78, 5) is -0.490. The second-order valence-electron chi connectivity index (χ2n) is 4.09. The number of hydrogen-bond acceptors (Lipinski definition) is 3. The van der Waals surface area contributed by atoms with Gasteiger partial charge in [-0.15, -0.1) is 0 Å². The minimum atomic E-state index is -3.93. The van der Waals surface area contributed by atoms with Gasteiger partial charge in [0.1, 0.15) is 4.90 Å². The van der Waals surface area contributed by atoms with Gasteiger partial charge in [-0.05, 0) is 25.5 Å². The first-order valence-electron chi connectivity index (χ1n) is 5.44. The molecule has 1 rings (SSSR count). The average Bonchev–Trinajstić information content (AvgIpc) is 2.31. The third-order valence-electron chi connectivity index (χ3n) is 2.90. The molecule has 1 unspecified atom stereocenters. The molecule has 0 aliphatic heterocycles. The highest BCUT2D eigenvalue weighted by Crippen LogP contribution is 2.28. The number of hydrogen-bond donors (Lipinski definition) is 1. The van der Waals surface area contributed by atoms with Crippen LogP contribution >= 0.6 is 11.6 Å². The van der Waals surface area contributed by atoms with Crippen molar-refractivity contribution in [1.82, 2.24) is 4.31 Å². The summed E-state index contributed by atoms with van der Waals surface area (Å²) in [7, 11) is -2.53. The zero-order valence-corrected chi connectivity index (χ0v) is 12.0. The van der Waals surface area contributed by atoms with Gasteiger partial charge in [-0.25, -0.2) is 12.8 Å². The van der Waals surface area contributed by atoms with Gasteiger partial charge in [0, 0.05) is 18.1 Å². The Kier molecular flexibility index (Phi) is 4.58. The molecule has 0 saturated heterocycles. The Balaban J connectivity index is 3.37. The zero-order chi connectivity index (χ0) is 14.1. The summed E-state index contributed by atoms with van der Waals surface area (Å²) in [5.41, 5.74) is 5.11. The van der Waals surface area contributed by atoms with Gasteiger partial charge in [-0.1, -0.05) is 18.5 Å². The van der Waals surface area contributed by atoms with E-state index in [9.17, 15) is 12.8 Å².